The molecule has 1 aliphatic rings. The van der Waals surface area contributed by atoms with Crippen molar-refractivity contribution in [1.29, 1.82) is 0 Å². The van der Waals surface area contributed by atoms with Crippen molar-refractivity contribution in [3.8, 4) is 5.75 Å². The van der Waals surface area contributed by atoms with Gasteiger partial charge in [0, 0.05) is 17.8 Å². The van der Waals surface area contributed by atoms with Gasteiger partial charge in [-0.05, 0) is 61.3 Å². The quantitative estimate of drug-likeness (QED) is 0.835. The summed E-state index contributed by atoms with van der Waals surface area (Å²) in [7, 11) is 1.61. The predicted octanol–water partition coefficient (Wildman–Crippen LogP) is 2.40. The van der Waals surface area contributed by atoms with Gasteiger partial charge in [-0.3, -0.25) is 14.5 Å². The van der Waals surface area contributed by atoms with E-state index in [4.69, 9.17) is 10.5 Å². The molecule has 3 N–H and O–H groups in total. The highest BCUT2D eigenvalue weighted by atomic mass is 16.5. The number of hydrogen-bond acceptors (Lipinski definition) is 4. The third-order valence-electron chi connectivity index (χ3n) is 4.65. The number of benzene rings is 2. The number of hydrogen-bond donors (Lipinski definition) is 2. The molecule has 0 spiro atoms. The number of nitrogens with zero attached hydrogens (tertiary/aromatic N) is 1. The number of ether oxygens (including phenoxy) is 1. The van der Waals surface area contributed by atoms with Crippen molar-refractivity contribution in [3.05, 3.63) is 59.7 Å². The van der Waals surface area contributed by atoms with Crippen LogP contribution < -0.4 is 15.8 Å². The number of methoxy groups -OCH3 is 1. The summed E-state index contributed by atoms with van der Waals surface area (Å²) in [5.41, 5.74) is 7.57. The van der Waals surface area contributed by atoms with Crippen LogP contribution in [-0.2, 0) is 11.3 Å². The minimum Gasteiger partial charge on any atom is -0.497 e. The van der Waals surface area contributed by atoms with E-state index in [-0.39, 0.29) is 11.9 Å². The SMILES string of the molecule is COc1ccc(NC(=O)C2CCCN2Cc2ccc(C(N)=O)cc2)cc1. The Kier molecular flexibility index (Phi) is 5.53. The Morgan fingerprint density at radius 3 is 2.46 bits per heavy atom. The molecule has 0 aliphatic carbocycles. The lowest BCUT2D eigenvalue weighted by molar-refractivity contribution is -0.120. The van der Waals surface area contributed by atoms with E-state index in [1.165, 1.54) is 0 Å². The molecule has 2 aromatic rings. The number of likely N-dealkylation sites (tertiary alicyclic amines) is 1. The summed E-state index contributed by atoms with van der Waals surface area (Å²) in [6.07, 6.45) is 1.82. The Hall–Kier alpha value is -2.86. The van der Waals surface area contributed by atoms with E-state index in [0.717, 1.165) is 36.4 Å². The Bertz CT molecular complexity index is 772. The Morgan fingerprint density at radius 2 is 1.85 bits per heavy atom. The number of rotatable bonds is 6. The molecule has 3 rings (SSSR count). The molecule has 2 amide bonds. The fraction of sp³-hybridized carbons (Fsp3) is 0.300. The molecule has 2 aromatic carbocycles. The maximum Gasteiger partial charge on any atom is 0.248 e. The predicted molar refractivity (Wildman–Crippen MR) is 100 cm³/mol. The molecule has 1 unspecified atom stereocenters. The maximum absolute atomic E-state index is 12.7. The van der Waals surface area contributed by atoms with E-state index in [9.17, 15) is 9.59 Å². The highest BCUT2D eigenvalue weighted by molar-refractivity contribution is 5.95. The van der Waals surface area contributed by atoms with Gasteiger partial charge in [0.15, 0.2) is 0 Å². The summed E-state index contributed by atoms with van der Waals surface area (Å²) in [6.45, 7) is 1.54. The Balaban J connectivity index is 1.63. The van der Waals surface area contributed by atoms with Crippen LogP contribution in [0.4, 0.5) is 5.69 Å². The number of nitrogens with one attached hydrogen (secondary N) is 1. The van der Waals surface area contributed by atoms with Crippen molar-refractivity contribution in [2.75, 3.05) is 19.0 Å². The van der Waals surface area contributed by atoms with Gasteiger partial charge >= 0.3 is 0 Å². The Morgan fingerprint density at radius 1 is 1.15 bits per heavy atom. The highest BCUT2D eigenvalue weighted by Gasteiger charge is 2.30. The van der Waals surface area contributed by atoms with Crippen LogP contribution in [0.2, 0.25) is 0 Å². The number of primary amides is 1. The second-order valence-corrected chi connectivity index (χ2v) is 6.41. The molecule has 1 aliphatic heterocycles. The zero-order valence-corrected chi connectivity index (χ0v) is 14.8. The first kappa shape index (κ1) is 17.9. The van der Waals surface area contributed by atoms with Crippen LogP contribution in [-0.4, -0.2) is 36.4 Å². The molecule has 26 heavy (non-hydrogen) atoms. The third-order valence-corrected chi connectivity index (χ3v) is 4.65. The smallest absolute Gasteiger partial charge is 0.248 e. The fourth-order valence-electron chi connectivity index (χ4n) is 3.22. The van der Waals surface area contributed by atoms with Gasteiger partial charge in [0.1, 0.15) is 5.75 Å². The van der Waals surface area contributed by atoms with Crippen molar-refractivity contribution in [2.45, 2.75) is 25.4 Å². The van der Waals surface area contributed by atoms with Gasteiger partial charge < -0.3 is 15.8 Å². The summed E-state index contributed by atoms with van der Waals surface area (Å²) in [6, 6.07) is 14.4. The van der Waals surface area contributed by atoms with Crippen LogP contribution in [0, 0.1) is 0 Å². The summed E-state index contributed by atoms with van der Waals surface area (Å²) < 4.78 is 5.13. The lowest BCUT2D eigenvalue weighted by Crippen LogP contribution is -2.39. The molecule has 1 atom stereocenters. The lowest BCUT2D eigenvalue weighted by atomic mass is 10.1. The molecular formula is C20H23N3O3. The molecule has 136 valence electrons. The third kappa shape index (κ3) is 4.21. The van der Waals surface area contributed by atoms with E-state index >= 15 is 0 Å². The van der Waals surface area contributed by atoms with Gasteiger partial charge in [-0.15, -0.1) is 0 Å². The summed E-state index contributed by atoms with van der Waals surface area (Å²) >= 11 is 0. The molecule has 0 radical (unpaired) electrons. The molecule has 6 nitrogen and oxygen atoms in total. The van der Waals surface area contributed by atoms with Crippen LogP contribution >= 0.6 is 0 Å². The van der Waals surface area contributed by atoms with Crippen molar-refractivity contribution in [2.24, 2.45) is 5.73 Å². The average Bonchev–Trinajstić information content (AvgIpc) is 3.11. The van der Waals surface area contributed by atoms with Crippen molar-refractivity contribution in [1.82, 2.24) is 4.90 Å². The van der Waals surface area contributed by atoms with Crippen LogP contribution in [0.1, 0.15) is 28.8 Å². The number of carbonyl (C=O) groups excluding carboxylic acids is 2. The first-order valence-corrected chi connectivity index (χ1v) is 8.64. The minimum atomic E-state index is -0.436. The zero-order chi connectivity index (χ0) is 18.5. The van der Waals surface area contributed by atoms with Crippen molar-refractivity contribution in [3.63, 3.8) is 0 Å². The average molecular weight is 353 g/mol. The van der Waals surface area contributed by atoms with Crippen molar-refractivity contribution >= 4 is 17.5 Å². The second-order valence-electron chi connectivity index (χ2n) is 6.41. The molecule has 0 bridgehead atoms. The Labute approximate surface area is 152 Å². The summed E-state index contributed by atoms with van der Waals surface area (Å²) in [5.74, 6) is 0.320. The standard InChI is InChI=1S/C20H23N3O3/c1-26-17-10-8-16(9-11-17)22-20(25)18-3-2-12-23(18)13-14-4-6-15(7-5-14)19(21)24/h4-11,18H,2-3,12-13H2,1H3,(H2,21,24)(H,22,25). The maximum atomic E-state index is 12.7. The minimum absolute atomic E-state index is 0.00132. The molecule has 0 saturated carbocycles. The molecule has 6 heteroatoms. The molecule has 1 saturated heterocycles. The molecular weight excluding hydrogens is 330 g/mol. The topological polar surface area (TPSA) is 84.7 Å². The van der Waals surface area contributed by atoms with Crippen molar-refractivity contribution < 1.29 is 14.3 Å². The van der Waals surface area contributed by atoms with Gasteiger partial charge in [-0.1, -0.05) is 12.1 Å². The van der Waals surface area contributed by atoms with E-state index in [2.05, 4.69) is 10.2 Å². The lowest BCUT2D eigenvalue weighted by Gasteiger charge is -2.24. The van der Waals surface area contributed by atoms with Gasteiger partial charge in [0.2, 0.25) is 11.8 Å². The number of amides is 2. The van der Waals surface area contributed by atoms with Gasteiger partial charge in [-0.2, -0.15) is 0 Å². The number of nitrogens with two attached hydrogens (primary N) is 1. The van der Waals surface area contributed by atoms with Crippen LogP contribution in [0.5, 0.6) is 5.75 Å². The normalized spacial score (nSPS) is 17.0. The van der Waals surface area contributed by atoms with E-state index < -0.39 is 5.91 Å². The second kappa shape index (κ2) is 8.01. The largest absolute Gasteiger partial charge is 0.497 e. The highest BCUT2D eigenvalue weighted by Crippen LogP contribution is 2.22. The molecule has 0 aromatic heterocycles. The summed E-state index contributed by atoms with van der Waals surface area (Å²) in [5, 5.41) is 2.98. The number of anilines is 1. The monoisotopic (exact) mass is 353 g/mol. The first-order valence-electron chi connectivity index (χ1n) is 8.64. The van der Waals surface area contributed by atoms with Gasteiger partial charge in [0.25, 0.3) is 0 Å². The summed E-state index contributed by atoms with van der Waals surface area (Å²) in [4.78, 5) is 26.0. The van der Waals surface area contributed by atoms with E-state index in [1.54, 1.807) is 19.2 Å². The molecule has 1 heterocycles. The molecule has 1 fully saturated rings. The van der Waals surface area contributed by atoms with E-state index in [0.29, 0.717) is 12.1 Å². The van der Waals surface area contributed by atoms with E-state index in [1.807, 2.05) is 36.4 Å². The number of carbonyl (C=O) groups is 2. The van der Waals surface area contributed by atoms with Gasteiger partial charge in [-0.25, -0.2) is 0 Å². The van der Waals surface area contributed by atoms with Crippen LogP contribution in [0.25, 0.3) is 0 Å². The van der Waals surface area contributed by atoms with Crippen LogP contribution in [0.3, 0.4) is 0 Å². The zero-order valence-electron chi connectivity index (χ0n) is 14.8. The van der Waals surface area contributed by atoms with Gasteiger partial charge in [0.05, 0.1) is 13.2 Å². The first-order chi connectivity index (χ1) is 12.6. The fourth-order valence-corrected chi connectivity index (χ4v) is 3.22. The van der Waals surface area contributed by atoms with Crippen LogP contribution in [0.15, 0.2) is 48.5 Å².